The summed E-state index contributed by atoms with van der Waals surface area (Å²) in [5.74, 6) is 1.62. The maximum atomic E-state index is 12.4. The lowest BCUT2D eigenvalue weighted by molar-refractivity contribution is 0.255. The predicted molar refractivity (Wildman–Crippen MR) is 121 cm³/mol. The van der Waals surface area contributed by atoms with E-state index in [9.17, 15) is 8.42 Å². The first-order valence-corrected chi connectivity index (χ1v) is 12.3. The van der Waals surface area contributed by atoms with Crippen LogP contribution in [0.15, 0.2) is 53.4 Å². The van der Waals surface area contributed by atoms with E-state index < -0.39 is 10.0 Å². The summed E-state index contributed by atoms with van der Waals surface area (Å²) in [7, 11) is -2.00. The number of aromatic nitrogens is 1. The molecule has 2 aromatic carbocycles. The molecule has 30 heavy (non-hydrogen) atoms. The summed E-state index contributed by atoms with van der Waals surface area (Å²) in [5.41, 5.74) is 0. The second-order valence-electron chi connectivity index (χ2n) is 7.26. The van der Waals surface area contributed by atoms with Crippen LogP contribution in [0.3, 0.4) is 0 Å². The number of fused-ring (bicyclic) bond motifs is 1. The Labute approximate surface area is 181 Å². The van der Waals surface area contributed by atoms with Crippen molar-refractivity contribution in [3.63, 3.8) is 0 Å². The van der Waals surface area contributed by atoms with E-state index in [-0.39, 0.29) is 4.90 Å². The van der Waals surface area contributed by atoms with Gasteiger partial charge < -0.3 is 9.64 Å². The molecular weight excluding hydrogens is 420 g/mol. The van der Waals surface area contributed by atoms with Gasteiger partial charge in [0.2, 0.25) is 10.0 Å². The van der Waals surface area contributed by atoms with Gasteiger partial charge in [-0.05, 0) is 48.8 Å². The van der Waals surface area contributed by atoms with Crippen LogP contribution < -0.4 is 14.4 Å². The Hall–Kier alpha value is -2.20. The van der Waals surface area contributed by atoms with Crippen LogP contribution in [-0.2, 0) is 10.0 Å². The van der Waals surface area contributed by atoms with Crippen molar-refractivity contribution in [3.8, 4) is 5.75 Å². The van der Waals surface area contributed by atoms with E-state index in [0.717, 1.165) is 45.0 Å². The molecule has 2 heterocycles. The molecule has 1 saturated heterocycles. The summed E-state index contributed by atoms with van der Waals surface area (Å²) in [6.07, 6.45) is 0.767. The van der Waals surface area contributed by atoms with Crippen LogP contribution in [0.1, 0.15) is 6.42 Å². The number of rotatable bonds is 8. The summed E-state index contributed by atoms with van der Waals surface area (Å²) < 4.78 is 38.5. The average molecular weight is 447 g/mol. The molecule has 0 spiro atoms. The van der Waals surface area contributed by atoms with Crippen LogP contribution >= 0.6 is 11.5 Å². The Bertz CT molecular complexity index is 1090. The number of sulfonamides is 1. The molecule has 1 aromatic heterocycles. The Balaban J connectivity index is 1.23. The fourth-order valence-corrected chi connectivity index (χ4v) is 5.55. The maximum Gasteiger partial charge on any atom is 0.240 e. The van der Waals surface area contributed by atoms with Crippen molar-refractivity contribution in [1.82, 2.24) is 14.0 Å². The molecule has 9 heteroatoms. The third-order valence-corrected chi connectivity index (χ3v) is 7.60. The number of hydrogen-bond acceptors (Lipinski definition) is 7. The average Bonchev–Trinajstić information content (AvgIpc) is 3.21. The highest BCUT2D eigenvalue weighted by atomic mass is 32.2. The minimum atomic E-state index is -3.52. The molecule has 1 aliphatic heterocycles. The molecular formula is C21H26N4O3S2. The maximum absolute atomic E-state index is 12.4. The van der Waals surface area contributed by atoms with Crippen molar-refractivity contribution >= 4 is 37.5 Å². The van der Waals surface area contributed by atoms with Crippen LogP contribution in [0, 0.1) is 0 Å². The van der Waals surface area contributed by atoms with Crippen LogP contribution in [0.2, 0.25) is 0 Å². The zero-order chi connectivity index (χ0) is 21.0. The van der Waals surface area contributed by atoms with E-state index in [2.05, 4.69) is 37.1 Å². The highest BCUT2D eigenvalue weighted by molar-refractivity contribution is 7.89. The van der Waals surface area contributed by atoms with Gasteiger partial charge >= 0.3 is 0 Å². The number of nitrogens with zero attached hydrogens (tertiary/aromatic N) is 3. The predicted octanol–water partition coefficient (Wildman–Crippen LogP) is 2.80. The van der Waals surface area contributed by atoms with Crippen molar-refractivity contribution in [1.29, 1.82) is 0 Å². The molecule has 0 unspecified atom stereocenters. The largest absolute Gasteiger partial charge is 0.497 e. The van der Waals surface area contributed by atoms with Crippen molar-refractivity contribution < 1.29 is 13.2 Å². The van der Waals surface area contributed by atoms with Gasteiger partial charge in [0.25, 0.3) is 0 Å². The molecule has 0 amide bonds. The van der Waals surface area contributed by atoms with E-state index in [1.54, 1.807) is 29.7 Å². The van der Waals surface area contributed by atoms with Crippen LogP contribution in [-0.4, -0.2) is 64.1 Å². The molecule has 3 aromatic rings. The first-order chi connectivity index (χ1) is 14.6. The second-order valence-corrected chi connectivity index (χ2v) is 9.83. The number of hydrogen-bond donors (Lipinski definition) is 1. The fourth-order valence-electron chi connectivity index (χ4n) is 3.64. The highest BCUT2D eigenvalue weighted by Gasteiger charge is 2.21. The molecule has 1 aliphatic rings. The lowest BCUT2D eigenvalue weighted by Gasteiger charge is -2.35. The minimum Gasteiger partial charge on any atom is -0.497 e. The van der Waals surface area contributed by atoms with E-state index >= 15 is 0 Å². The van der Waals surface area contributed by atoms with E-state index in [1.807, 2.05) is 6.07 Å². The summed E-state index contributed by atoms with van der Waals surface area (Å²) in [5, 5.41) is 1.22. The topological polar surface area (TPSA) is 74.8 Å². The van der Waals surface area contributed by atoms with Crippen LogP contribution in [0.5, 0.6) is 5.75 Å². The Morgan fingerprint density at radius 1 is 1.10 bits per heavy atom. The zero-order valence-corrected chi connectivity index (χ0v) is 18.6. The van der Waals surface area contributed by atoms with Gasteiger partial charge in [0.15, 0.2) is 0 Å². The third-order valence-electron chi connectivity index (χ3n) is 5.32. The summed E-state index contributed by atoms with van der Waals surface area (Å²) in [6, 6.07) is 14.9. The third kappa shape index (κ3) is 4.75. The zero-order valence-electron chi connectivity index (χ0n) is 17.0. The van der Waals surface area contributed by atoms with Gasteiger partial charge in [0.1, 0.15) is 11.6 Å². The molecule has 4 rings (SSSR count). The first-order valence-electron chi connectivity index (χ1n) is 10.0. The Kier molecular flexibility index (Phi) is 6.52. The van der Waals surface area contributed by atoms with Gasteiger partial charge in [-0.1, -0.05) is 18.2 Å². The number of piperazine rings is 1. The van der Waals surface area contributed by atoms with Gasteiger partial charge in [-0.15, -0.1) is 0 Å². The van der Waals surface area contributed by atoms with E-state index in [1.165, 1.54) is 23.3 Å². The van der Waals surface area contributed by atoms with Crippen molar-refractivity contribution in [2.45, 2.75) is 11.3 Å². The van der Waals surface area contributed by atoms with Crippen LogP contribution in [0.4, 0.5) is 5.82 Å². The van der Waals surface area contributed by atoms with Crippen LogP contribution in [0.25, 0.3) is 10.1 Å². The van der Waals surface area contributed by atoms with Gasteiger partial charge in [-0.25, -0.2) is 13.1 Å². The van der Waals surface area contributed by atoms with Gasteiger partial charge in [-0.2, -0.15) is 4.37 Å². The molecule has 7 nitrogen and oxygen atoms in total. The smallest absolute Gasteiger partial charge is 0.240 e. The lowest BCUT2D eigenvalue weighted by atomic mass is 10.2. The van der Waals surface area contributed by atoms with Crippen molar-refractivity contribution in [2.24, 2.45) is 0 Å². The number of anilines is 1. The van der Waals surface area contributed by atoms with Gasteiger partial charge in [0.05, 0.1) is 16.7 Å². The minimum absolute atomic E-state index is 0.228. The number of benzene rings is 2. The molecule has 0 bridgehead atoms. The van der Waals surface area contributed by atoms with Crippen molar-refractivity contribution in [3.05, 3.63) is 48.5 Å². The van der Waals surface area contributed by atoms with Gasteiger partial charge in [-0.3, -0.25) is 4.90 Å². The normalized spacial score (nSPS) is 15.6. The summed E-state index contributed by atoms with van der Waals surface area (Å²) in [4.78, 5) is 4.96. The highest BCUT2D eigenvalue weighted by Crippen LogP contribution is 2.29. The SMILES string of the molecule is COc1cccc(S(=O)(=O)NCCCN2CCN(c3nsc4ccccc34)CC2)c1. The van der Waals surface area contributed by atoms with E-state index in [0.29, 0.717) is 12.3 Å². The molecule has 160 valence electrons. The molecule has 0 atom stereocenters. The lowest BCUT2D eigenvalue weighted by Crippen LogP contribution is -2.47. The fraction of sp³-hybridized carbons (Fsp3) is 0.381. The van der Waals surface area contributed by atoms with Gasteiger partial charge in [0, 0.05) is 44.2 Å². The Morgan fingerprint density at radius 3 is 2.70 bits per heavy atom. The van der Waals surface area contributed by atoms with Crippen molar-refractivity contribution in [2.75, 3.05) is 51.3 Å². The monoisotopic (exact) mass is 446 g/mol. The first kappa shape index (κ1) is 21.0. The Morgan fingerprint density at radius 2 is 1.90 bits per heavy atom. The molecule has 1 fully saturated rings. The molecule has 0 saturated carbocycles. The summed E-state index contributed by atoms with van der Waals surface area (Å²) in [6.45, 7) is 5.05. The number of ether oxygens (including phenoxy) is 1. The van der Waals surface area contributed by atoms with E-state index in [4.69, 9.17) is 4.74 Å². The summed E-state index contributed by atoms with van der Waals surface area (Å²) >= 11 is 1.55. The standard InChI is InChI=1S/C21H26N4O3S2/c1-28-17-6-4-7-18(16-17)30(26,27)22-10-5-11-24-12-14-25(15-13-24)21-19-8-2-3-9-20(19)29-23-21/h2-4,6-9,16,22H,5,10-15H2,1H3. The molecule has 1 N–H and O–H groups in total. The molecule has 0 radical (unpaired) electrons. The number of nitrogens with one attached hydrogen (secondary N) is 1. The molecule has 0 aliphatic carbocycles. The number of methoxy groups -OCH3 is 1. The second kappa shape index (κ2) is 9.30. The quantitative estimate of drug-likeness (QED) is 0.537.